The van der Waals surface area contributed by atoms with E-state index in [9.17, 15) is 59.2 Å². The zero-order valence-electron chi connectivity index (χ0n) is 41.3. The molecule has 8 aromatic rings. The third-order valence-corrected chi connectivity index (χ3v) is 13.9. The van der Waals surface area contributed by atoms with Crippen molar-refractivity contribution in [1.29, 1.82) is 0 Å². The molecule has 23 heteroatoms. The van der Waals surface area contributed by atoms with Crippen molar-refractivity contribution in [2.45, 2.75) is 37.8 Å². The summed E-state index contributed by atoms with van der Waals surface area (Å²) in [5.74, 6) is -2.93. The van der Waals surface area contributed by atoms with Crippen molar-refractivity contribution in [1.82, 2.24) is 50.0 Å². The number of fused-ring (bicyclic) bond motifs is 4. The number of nitrogens with one attached hydrogen (secondary N) is 4. The average Bonchev–Trinajstić information content (AvgIpc) is 3.46. The summed E-state index contributed by atoms with van der Waals surface area (Å²) in [6.07, 6.45) is 2.74. The quantitative estimate of drug-likeness (QED) is 0.0574. The van der Waals surface area contributed by atoms with Gasteiger partial charge in [-0.05, 0) is 82.9 Å². The molecule has 396 valence electrons. The van der Waals surface area contributed by atoms with Gasteiger partial charge in [0.05, 0.1) is 21.5 Å². The molecule has 1 saturated carbocycles. The summed E-state index contributed by atoms with van der Waals surface area (Å²) in [4.78, 5) is 111. The van der Waals surface area contributed by atoms with Crippen LogP contribution in [-0.2, 0) is 0 Å². The first-order valence-corrected chi connectivity index (χ1v) is 24.7. The number of nitrogens with zero attached hydrogens (tertiary/aromatic N) is 6. The van der Waals surface area contributed by atoms with Crippen molar-refractivity contribution < 1.29 is 89.4 Å². The van der Waals surface area contributed by atoms with Crippen LogP contribution in [0.1, 0.15) is 67.6 Å². The van der Waals surface area contributed by atoms with Crippen LogP contribution in [0.15, 0.2) is 141 Å². The molecule has 1 fully saturated rings. The Balaban J connectivity index is 0.00000784. The number of carbonyl (C=O) groups is 4. The Labute approximate surface area is 478 Å². The molecular weight excluding hydrogens is 1130 g/mol. The van der Waals surface area contributed by atoms with Crippen LogP contribution in [0.25, 0.3) is 43.1 Å². The van der Waals surface area contributed by atoms with Crippen molar-refractivity contribution in [3.05, 3.63) is 186 Å². The topological polar surface area (TPSA) is 292 Å². The molecule has 0 radical (unpaired) electrons. The smallest absolute Gasteiger partial charge is 0.425 e. The largest absolute Gasteiger partial charge is 3.00 e. The van der Waals surface area contributed by atoms with E-state index in [0.717, 1.165) is 12.8 Å². The minimum atomic E-state index is -0.774. The Bertz CT molecular complexity index is 3340. The number of carbonyl (C=O) groups excluding carboxylic acids is 4. The van der Waals surface area contributed by atoms with Gasteiger partial charge in [0, 0.05) is 64.4 Å². The van der Waals surface area contributed by atoms with Crippen LogP contribution in [0.4, 0.5) is 0 Å². The Morgan fingerprint density at radius 1 is 0.403 bits per heavy atom. The van der Waals surface area contributed by atoms with Crippen molar-refractivity contribution in [2.24, 2.45) is 0 Å². The SMILES string of the molecule is O=C(NCCN(CCNC(=O)c1cc2ccccc2c(=O)n1O)C1CCCCC1N(CCNC(=O)c1cc2ccccc2c(=O)n1O)CCNC(=O)c1cc2ccccc2c(=O)n1O)c1cc2ccccc2c(=O)n1O.[Eu+3]. The molecule has 4 aromatic heterocycles. The van der Waals surface area contributed by atoms with Gasteiger partial charge in [0.25, 0.3) is 45.9 Å². The second-order valence-electron chi connectivity index (χ2n) is 18.4. The number of benzene rings is 4. The standard InChI is InChI=1S/C54H54N10O12.Eu/c65-47(43-29-33-11-1-5-15-37(33)51(69)61(43)73)55-21-25-59(26-22-56-48(66)44-30-34-12-2-6-16-38(34)52(70)62(44)74)41-19-9-10-20-42(41)60(27-23-57-49(67)45-31-35-13-3-7-17-39(35)53(71)63(45)75)28-24-58-50(68)46-32-36-14-4-8-18-40(36)54(72)64(46)76;/h1-8,11-18,29-32,41-42,73-76H,9-10,19-28H2,(H,55,65)(H,56,66)(H,57,67)(H,58,68);/q;+3. The van der Waals surface area contributed by atoms with E-state index in [4.69, 9.17) is 0 Å². The van der Waals surface area contributed by atoms with E-state index in [-0.39, 0.29) is 158 Å². The molecule has 22 nitrogen and oxygen atoms in total. The normalized spacial score (nSPS) is 14.4. The van der Waals surface area contributed by atoms with Crippen molar-refractivity contribution in [3.63, 3.8) is 0 Å². The van der Waals surface area contributed by atoms with Gasteiger partial charge in [-0.2, -0.15) is 0 Å². The van der Waals surface area contributed by atoms with Gasteiger partial charge in [0.15, 0.2) is 0 Å². The van der Waals surface area contributed by atoms with Crippen molar-refractivity contribution >= 4 is 66.7 Å². The summed E-state index contributed by atoms with van der Waals surface area (Å²) < 4.78 is 1.18. The first-order valence-electron chi connectivity index (χ1n) is 24.7. The molecule has 0 spiro atoms. The maximum absolute atomic E-state index is 13.7. The van der Waals surface area contributed by atoms with E-state index in [2.05, 4.69) is 21.3 Å². The maximum Gasteiger partial charge on any atom is 3.00 e. The van der Waals surface area contributed by atoms with E-state index in [0.29, 0.717) is 53.3 Å². The Kier molecular flexibility index (Phi) is 17.7. The van der Waals surface area contributed by atoms with Gasteiger partial charge in [-0.3, -0.25) is 48.2 Å². The van der Waals surface area contributed by atoms with Gasteiger partial charge in [0.2, 0.25) is 0 Å². The van der Waals surface area contributed by atoms with Gasteiger partial charge in [-0.1, -0.05) is 85.6 Å². The molecule has 77 heavy (non-hydrogen) atoms. The van der Waals surface area contributed by atoms with E-state index in [1.807, 2.05) is 9.80 Å². The second-order valence-corrected chi connectivity index (χ2v) is 18.4. The van der Waals surface area contributed by atoms with Gasteiger partial charge in [-0.15, -0.1) is 18.9 Å². The first-order chi connectivity index (χ1) is 36.7. The molecule has 0 aliphatic heterocycles. The summed E-state index contributed by atoms with van der Waals surface area (Å²) in [6.45, 7) is 0.640. The van der Waals surface area contributed by atoms with Crippen molar-refractivity contribution in [3.8, 4) is 0 Å². The summed E-state index contributed by atoms with van der Waals surface area (Å²) in [5, 5.41) is 56.9. The van der Waals surface area contributed by atoms with Gasteiger partial charge in [-0.25, -0.2) is 0 Å². The second kappa shape index (κ2) is 24.5. The number of hydrogen-bond acceptors (Lipinski definition) is 14. The zero-order chi connectivity index (χ0) is 53.6. The molecular formula is C54H54EuN10O12+3. The number of hydrogen-bond donors (Lipinski definition) is 8. The maximum atomic E-state index is 13.7. The predicted octanol–water partition coefficient (Wildman–Crippen LogP) is 2.83. The van der Waals surface area contributed by atoms with Crippen molar-refractivity contribution in [2.75, 3.05) is 52.4 Å². The average molecular weight is 1190 g/mol. The number of rotatable bonds is 18. The monoisotopic (exact) mass is 1190 g/mol. The molecule has 0 saturated heterocycles. The Hall–Kier alpha value is -7.70. The molecule has 0 bridgehead atoms. The van der Waals surface area contributed by atoms with Gasteiger partial charge >= 0.3 is 49.4 Å². The molecule has 9 rings (SSSR count). The summed E-state index contributed by atoms with van der Waals surface area (Å²) in [5.41, 5.74) is -4.25. The molecule has 8 N–H and O–H groups in total. The fourth-order valence-electron chi connectivity index (χ4n) is 10.1. The van der Waals surface area contributed by atoms with Gasteiger partial charge < -0.3 is 42.1 Å². The Morgan fingerprint density at radius 3 is 0.857 bits per heavy atom. The van der Waals surface area contributed by atoms with Crippen LogP contribution >= 0.6 is 0 Å². The molecule has 1 aliphatic carbocycles. The van der Waals surface area contributed by atoms with E-state index in [1.54, 1.807) is 72.8 Å². The number of pyridine rings is 4. The van der Waals surface area contributed by atoms with Crippen LogP contribution < -0.4 is 43.5 Å². The molecule has 4 heterocycles. The van der Waals surface area contributed by atoms with E-state index < -0.39 is 45.9 Å². The predicted molar refractivity (Wildman–Crippen MR) is 280 cm³/mol. The fourth-order valence-corrected chi connectivity index (χ4v) is 10.1. The molecule has 4 aromatic carbocycles. The first kappa shape index (κ1) is 55.5. The minimum absolute atomic E-state index is 0. The van der Waals surface area contributed by atoms with E-state index >= 15 is 0 Å². The molecule has 2 atom stereocenters. The Morgan fingerprint density at radius 2 is 0.623 bits per heavy atom. The molecule has 1 aliphatic rings. The summed E-state index contributed by atoms with van der Waals surface area (Å²) >= 11 is 0. The fraction of sp³-hybridized carbons (Fsp3) is 0.259. The summed E-state index contributed by atoms with van der Waals surface area (Å²) in [6, 6.07) is 31.0. The molecule has 4 amide bonds. The van der Waals surface area contributed by atoms with Crippen LogP contribution in [0.3, 0.4) is 0 Å². The van der Waals surface area contributed by atoms with Crippen LogP contribution in [0.5, 0.6) is 0 Å². The molecule has 2 unspecified atom stereocenters. The van der Waals surface area contributed by atoms with E-state index in [1.165, 1.54) is 48.5 Å². The number of aromatic nitrogens is 4. The van der Waals surface area contributed by atoms with Crippen LogP contribution in [0, 0.1) is 49.4 Å². The third kappa shape index (κ3) is 11.8. The zero-order valence-corrected chi connectivity index (χ0v) is 43.7. The van der Waals surface area contributed by atoms with Crippen LogP contribution in [-0.4, -0.2) is 138 Å². The van der Waals surface area contributed by atoms with Crippen LogP contribution in [0.2, 0.25) is 0 Å². The minimum Gasteiger partial charge on any atom is -0.425 e. The third-order valence-electron chi connectivity index (χ3n) is 13.9. The van der Waals surface area contributed by atoms with Gasteiger partial charge in [0.1, 0.15) is 22.8 Å². The summed E-state index contributed by atoms with van der Waals surface area (Å²) in [7, 11) is 0. The number of amides is 4.